The second-order valence-electron chi connectivity index (χ2n) is 14.0. The number of thiophene rings is 1. The van der Waals surface area contributed by atoms with Gasteiger partial charge in [-0.2, -0.15) is 0 Å². The fourth-order valence-corrected chi connectivity index (χ4v) is 9.30. The van der Waals surface area contributed by atoms with Crippen molar-refractivity contribution in [3.05, 3.63) is 194 Å². The van der Waals surface area contributed by atoms with E-state index in [0.717, 1.165) is 39.0 Å². The number of fused-ring (bicyclic) bond motifs is 6. The largest absolute Gasteiger partial charge is 0.309 e. The highest BCUT2D eigenvalue weighted by Gasteiger charge is 2.20. The molecule has 0 radical (unpaired) electrons. The van der Waals surface area contributed by atoms with E-state index < -0.39 is 0 Å². The van der Waals surface area contributed by atoms with Gasteiger partial charge in [0.2, 0.25) is 0 Å². The molecule has 5 heteroatoms. The number of rotatable bonds is 6. The lowest BCUT2D eigenvalue weighted by molar-refractivity contribution is 1.07. The van der Waals surface area contributed by atoms with Crippen molar-refractivity contribution < 1.29 is 0 Å². The molecule has 0 N–H and O–H groups in total. The third kappa shape index (κ3) is 5.40. The van der Waals surface area contributed by atoms with Gasteiger partial charge in [0.15, 0.2) is 17.5 Å². The first-order chi connectivity index (χ1) is 27.8. The van der Waals surface area contributed by atoms with Gasteiger partial charge >= 0.3 is 0 Å². The third-order valence-electron chi connectivity index (χ3n) is 10.6. The van der Waals surface area contributed by atoms with Gasteiger partial charge in [-0.3, -0.25) is 0 Å². The van der Waals surface area contributed by atoms with E-state index in [2.05, 4.69) is 174 Å². The Kier molecular flexibility index (Phi) is 7.64. The SMILES string of the molecule is c1ccc(-c2cccc(-c3nc(-c4ccccc4)nc(-c4cccc(-n5c6ccccc6c6cccc(-c7cccc8c7sc7ccccc78)c65)c4)n3)c2)cc1. The Morgan fingerprint density at radius 2 is 0.893 bits per heavy atom. The summed E-state index contributed by atoms with van der Waals surface area (Å²) in [6.45, 7) is 0. The summed E-state index contributed by atoms with van der Waals surface area (Å²) < 4.78 is 5.02. The van der Waals surface area contributed by atoms with E-state index in [0.29, 0.717) is 17.5 Å². The molecule has 0 aliphatic heterocycles. The predicted octanol–water partition coefficient (Wildman–Crippen LogP) is 13.7. The Hall–Kier alpha value is -7.21. The Morgan fingerprint density at radius 1 is 0.357 bits per heavy atom. The zero-order valence-corrected chi connectivity index (χ0v) is 31.0. The van der Waals surface area contributed by atoms with E-state index in [1.54, 1.807) is 0 Å². The summed E-state index contributed by atoms with van der Waals surface area (Å²) in [7, 11) is 0. The summed E-state index contributed by atoms with van der Waals surface area (Å²) in [6, 6.07) is 68.5. The molecule has 11 rings (SSSR count). The average Bonchev–Trinajstić information content (AvgIpc) is 3.83. The van der Waals surface area contributed by atoms with Crippen LogP contribution in [-0.4, -0.2) is 19.5 Å². The highest BCUT2D eigenvalue weighted by Crippen LogP contribution is 2.44. The lowest BCUT2D eigenvalue weighted by Gasteiger charge is -2.14. The van der Waals surface area contributed by atoms with Crippen LogP contribution in [0.25, 0.3) is 104 Å². The molecule has 3 aromatic heterocycles. The van der Waals surface area contributed by atoms with Gasteiger partial charge < -0.3 is 4.57 Å². The van der Waals surface area contributed by atoms with Crippen LogP contribution >= 0.6 is 11.3 Å². The number of hydrogen-bond donors (Lipinski definition) is 0. The van der Waals surface area contributed by atoms with Crippen molar-refractivity contribution in [3.63, 3.8) is 0 Å². The van der Waals surface area contributed by atoms with Gasteiger partial charge in [0.25, 0.3) is 0 Å². The van der Waals surface area contributed by atoms with Crippen molar-refractivity contribution >= 4 is 53.3 Å². The first-order valence-electron chi connectivity index (χ1n) is 18.8. The molecule has 4 nitrogen and oxygen atoms in total. The van der Waals surface area contributed by atoms with Gasteiger partial charge in [-0.25, -0.2) is 15.0 Å². The summed E-state index contributed by atoms with van der Waals surface area (Å²) in [6.07, 6.45) is 0. The van der Waals surface area contributed by atoms with Crippen molar-refractivity contribution in [1.82, 2.24) is 19.5 Å². The Bertz CT molecular complexity index is 3250. The van der Waals surface area contributed by atoms with Crippen LogP contribution in [0.15, 0.2) is 194 Å². The minimum atomic E-state index is 0.622. The molecule has 0 bridgehead atoms. The molecule has 3 heterocycles. The fourth-order valence-electron chi connectivity index (χ4n) is 8.07. The molecular weight excluding hydrogens is 701 g/mol. The molecule has 0 unspecified atom stereocenters. The summed E-state index contributed by atoms with van der Waals surface area (Å²) in [5.41, 5.74) is 10.9. The molecule has 262 valence electrons. The number of nitrogens with zero attached hydrogens (tertiary/aromatic N) is 4. The van der Waals surface area contributed by atoms with Crippen molar-refractivity contribution in [1.29, 1.82) is 0 Å². The van der Waals surface area contributed by atoms with Crippen LogP contribution in [0.5, 0.6) is 0 Å². The van der Waals surface area contributed by atoms with Crippen LogP contribution in [0, 0.1) is 0 Å². The molecule has 0 spiro atoms. The van der Waals surface area contributed by atoms with Crippen LogP contribution < -0.4 is 0 Å². The summed E-state index contributed by atoms with van der Waals surface area (Å²) in [5.74, 6) is 1.89. The van der Waals surface area contributed by atoms with Crippen LogP contribution in [0.1, 0.15) is 0 Å². The maximum atomic E-state index is 5.17. The zero-order chi connectivity index (χ0) is 37.0. The average molecular weight is 733 g/mol. The van der Waals surface area contributed by atoms with Crippen molar-refractivity contribution in [2.24, 2.45) is 0 Å². The molecule has 8 aromatic carbocycles. The van der Waals surface area contributed by atoms with Gasteiger partial charge in [0.05, 0.1) is 11.0 Å². The molecule has 0 aliphatic carbocycles. The standard InChI is InChI=1S/C51H32N4S/c1-3-15-33(16-4-1)35-19-11-20-36(31-35)50-52-49(34-17-5-2-6-18-34)53-51(54-50)37-21-12-22-38(32-37)55-45-29-9-7-23-39(45)41-25-13-26-42(47(41)55)44-28-14-27-43-40-24-8-10-30-46(40)56-48(43)44/h1-32H. The first kappa shape index (κ1) is 32.2. The second kappa shape index (κ2) is 13.3. The first-order valence-corrected chi connectivity index (χ1v) is 19.6. The molecule has 0 amide bonds. The highest BCUT2D eigenvalue weighted by molar-refractivity contribution is 7.26. The molecule has 0 saturated carbocycles. The Labute approximate surface area is 327 Å². The van der Waals surface area contributed by atoms with Gasteiger partial charge in [-0.05, 0) is 41.5 Å². The molecule has 0 atom stereocenters. The van der Waals surface area contributed by atoms with Crippen LogP contribution in [0.3, 0.4) is 0 Å². The molecule has 0 saturated heterocycles. The lowest BCUT2D eigenvalue weighted by Crippen LogP contribution is -2.01. The Balaban J connectivity index is 1.12. The predicted molar refractivity (Wildman–Crippen MR) is 234 cm³/mol. The maximum absolute atomic E-state index is 5.17. The molecule has 0 aliphatic rings. The number of hydrogen-bond acceptors (Lipinski definition) is 4. The van der Waals surface area contributed by atoms with E-state index in [9.17, 15) is 0 Å². The zero-order valence-electron chi connectivity index (χ0n) is 30.2. The van der Waals surface area contributed by atoms with E-state index >= 15 is 0 Å². The van der Waals surface area contributed by atoms with Crippen LogP contribution in [0.2, 0.25) is 0 Å². The van der Waals surface area contributed by atoms with Gasteiger partial charge in [0, 0.05) is 64.4 Å². The van der Waals surface area contributed by atoms with Crippen LogP contribution in [0.4, 0.5) is 0 Å². The van der Waals surface area contributed by atoms with Crippen molar-refractivity contribution in [3.8, 4) is 62.1 Å². The minimum Gasteiger partial charge on any atom is -0.309 e. The van der Waals surface area contributed by atoms with E-state index in [1.165, 1.54) is 47.6 Å². The number of benzene rings is 8. The summed E-state index contributed by atoms with van der Waals surface area (Å²) in [5, 5.41) is 5.02. The van der Waals surface area contributed by atoms with Gasteiger partial charge in [-0.1, -0.05) is 164 Å². The van der Waals surface area contributed by atoms with Gasteiger partial charge in [0.1, 0.15) is 0 Å². The summed E-state index contributed by atoms with van der Waals surface area (Å²) in [4.78, 5) is 15.3. The molecule has 11 aromatic rings. The lowest BCUT2D eigenvalue weighted by atomic mass is 10.00. The van der Waals surface area contributed by atoms with Crippen molar-refractivity contribution in [2.75, 3.05) is 0 Å². The quantitative estimate of drug-likeness (QED) is 0.171. The third-order valence-corrected chi connectivity index (χ3v) is 11.9. The van der Waals surface area contributed by atoms with Crippen molar-refractivity contribution in [2.45, 2.75) is 0 Å². The minimum absolute atomic E-state index is 0.622. The molecule has 56 heavy (non-hydrogen) atoms. The molecule has 0 fully saturated rings. The van der Waals surface area contributed by atoms with E-state index in [1.807, 2.05) is 35.6 Å². The number of para-hydroxylation sites is 2. The number of aromatic nitrogens is 4. The highest BCUT2D eigenvalue weighted by atomic mass is 32.1. The van der Waals surface area contributed by atoms with E-state index in [4.69, 9.17) is 15.0 Å². The van der Waals surface area contributed by atoms with Gasteiger partial charge in [-0.15, -0.1) is 11.3 Å². The Morgan fingerprint density at radius 3 is 1.68 bits per heavy atom. The van der Waals surface area contributed by atoms with E-state index in [-0.39, 0.29) is 0 Å². The smallest absolute Gasteiger partial charge is 0.164 e. The normalized spacial score (nSPS) is 11.6. The summed E-state index contributed by atoms with van der Waals surface area (Å²) >= 11 is 1.87. The second-order valence-corrected chi connectivity index (χ2v) is 15.1. The molecular formula is C51H32N4S. The fraction of sp³-hybridized carbons (Fsp3) is 0. The maximum Gasteiger partial charge on any atom is 0.164 e. The monoisotopic (exact) mass is 732 g/mol. The van der Waals surface area contributed by atoms with Crippen LogP contribution in [-0.2, 0) is 0 Å². The topological polar surface area (TPSA) is 43.6 Å².